The maximum Gasteiger partial charge on any atom is 0.225 e. The van der Waals surface area contributed by atoms with Crippen LogP contribution in [0.25, 0.3) is 0 Å². The topological polar surface area (TPSA) is 52.7 Å². The van der Waals surface area contributed by atoms with Crippen LogP contribution in [-0.2, 0) is 9.59 Å². The van der Waals surface area contributed by atoms with E-state index in [1.807, 2.05) is 18.7 Å². The number of piperidine rings is 1. The number of nitrogens with zero attached hydrogens (tertiary/aromatic N) is 2. The number of hydrogen-bond donors (Lipinski definition) is 1. The van der Waals surface area contributed by atoms with Gasteiger partial charge < -0.3 is 10.2 Å². The Kier molecular flexibility index (Phi) is 7.34. The van der Waals surface area contributed by atoms with Crippen molar-refractivity contribution < 1.29 is 9.59 Å². The van der Waals surface area contributed by atoms with Crippen LogP contribution in [0.15, 0.2) is 0 Å². The van der Waals surface area contributed by atoms with Gasteiger partial charge in [0.25, 0.3) is 0 Å². The lowest BCUT2D eigenvalue weighted by Gasteiger charge is -2.35. The fraction of sp³-hybridized carbons (Fsp3) is 0.889. The van der Waals surface area contributed by atoms with Crippen LogP contribution in [-0.4, -0.2) is 60.4 Å². The standard InChI is InChI=1S/C18H33N3O2/c1-15(2)18(23)21-12-6-5-11-20-10-4-3-8-16(20)14-17(22)19-9-7-13-21/h15-16H,3-14H2,1-2H3,(H,19,22). The summed E-state index contributed by atoms with van der Waals surface area (Å²) in [6.07, 6.45) is 7.28. The van der Waals surface area contributed by atoms with Crippen LogP contribution >= 0.6 is 0 Å². The number of carbonyl (C=O) groups is 2. The fourth-order valence-corrected chi connectivity index (χ4v) is 3.68. The van der Waals surface area contributed by atoms with Crippen molar-refractivity contribution in [2.45, 2.75) is 64.8 Å². The first-order chi connectivity index (χ1) is 11.1. The summed E-state index contributed by atoms with van der Waals surface area (Å²) in [7, 11) is 0. The molecule has 132 valence electrons. The minimum absolute atomic E-state index is 0.0479. The zero-order valence-corrected chi connectivity index (χ0v) is 14.9. The van der Waals surface area contributed by atoms with Gasteiger partial charge in [-0.2, -0.15) is 0 Å². The van der Waals surface area contributed by atoms with E-state index in [2.05, 4.69) is 10.2 Å². The third-order valence-electron chi connectivity index (χ3n) is 5.03. The summed E-state index contributed by atoms with van der Waals surface area (Å²) in [4.78, 5) is 28.9. The molecule has 2 saturated heterocycles. The summed E-state index contributed by atoms with van der Waals surface area (Å²) in [6, 6.07) is 0.415. The zero-order valence-electron chi connectivity index (χ0n) is 14.9. The minimum atomic E-state index is 0.0479. The lowest BCUT2D eigenvalue weighted by molar-refractivity contribution is -0.134. The van der Waals surface area contributed by atoms with E-state index in [1.54, 1.807) is 0 Å². The average molecular weight is 323 g/mol. The first kappa shape index (κ1) is 18.2. The molecule has 0 aliphatic carbocycles. The number of amides is 2. The van der Waals surface area contributed by atoms with Crippen molar-refractivity contribution in [2.24, 2.45) is 5.92 Å². The maximum absolute atomic E-state index is 12.3. The first-order valence-corrected chi connectivity index (χ1v) is 9.37. The van der Waals surface area contributed by atoms with Gasteiger partial charge in [-0.15, -0.1) is 0 Å². The minimum Gasteiger partial charge on any atom is -0.356 e. The lowest BCUT2D eigenvalue weighted by Crippen LogP contribution is -2.43. The largest absolute Gasteiger partial charge is 0.356 e. The number of fused-ring (bicyclic) bond motifs is 1. The van der Waals surface area contributed by atoms with E-state index in [0.29, 0.717) is 19.0 Å². The van der Waals surface area contributed by atoms with Crippen LogP contribution in [0.1, 0.15) is 58.8 Å². The molecule has 5 heteroatoms. The number of hydrogen-bond acceptors (Lipinski definition) is 3. The van der Waals surface area contributed by atoms with Crippen molar-refractivity contribution in [1.82, 2.24) is 15.1 Å². The summed E-state index contributed by atoms with van der Waals surface area (Å²) in [6.45, 7) is 8.38. The molecule has 2 aliphatic rings. The molecule has 5 nitrogen and oxygen atoms in total. The smallest absolute Gasteiger partial charge is 0.225 e. The molecule has 1 unspecified atom stereocenters. The number of carbonyl (C=O) groups excluding carboxylic acids is 2. The van der Waals surface area contributed by atoms with Crippen molar-refractivity contribution in [3.8, 4) is 0 Å². The van der Waals surface area contributed by atoms with E-state index in [9.17, 15) is 9.59 Å². The molecule has 1 N–H and O–H groups in total. The molecule has 2 amide bonds. The summed E-state index contributed by atoms with van der Waals surface area (Å²) < 4.78 is 0. The van der Waals surface area contributed by atoms with Crippen LogP contribution in [0.5, 0.6) is 0 Å². The van der Waals surface area contributed by atoms with Crippen LogP contribution in [0.2, 0.25) is 0 Å². The van der Waals surface area contributed by atoms with Gasteiger partial charge in [-0.05, 0) is 45.2 Å². The van der Waals surface area contributed by atoms with E-state index in [-0.39, 0.29) is 17.7 Å². The number of nitrogens with one attached hydrogen (secondary N) is 1. The summed E-state index contributed by atoms with van der Waals surface area (Å²) in [5.74, 6) is 0.455. The van der Waals surface area contributed by atoms with Crippen LogP contribution < -0.4 is 5.32 Å². The highest BCUT2D eigenvalue weighted by Gasteiger charge is 2.25. The molecule has 0 spiro atoms. The van der Waals surface area contributed by atoms with E-state index in [1.165, 1.54) is 12.8 Å². The van der Waals surface area contributed by atoms with Crippen LogP contribution in [0, 0.1) is 5.92 Å². The van der Waals surface area contributed by atoms with Gasteiger partial charge in [0.15, 0.2) is 0 Å². The maximum atomic E-state index is 12.3. The Hall–Kier alpha value is -1.10. The van der Waals surface area contributed by atoms with Crippen molar-refractivity contribution in [3.05, 3.63) is 0 Å². The Balaban J connectivity index is 1.95. The molecule has 1 atom stereocenters. The molecule has 23 heavy (non-hydrogen) atoms. The molecular weight excluding hydrogens is 290 g/mol. The molecule has 0 aromatic carbocycles. The van der Waals surface area contributed by atoms with Crippen molar-refractivity contribution in [1.29, 1.82) is 0 Å². The van der Waals surface area contributed by atoms with E-state index >= 15 is 0 Å². The van der Waals surface area contributed by atoms with Gasteiger partial charge in [0.05, 0.1) is 0 Å². The second kappa shape index (κ2) is 9.26. The van der Waals surface area contributed by atoms with E-state index in [0.717, 1.165) is 51.9 Å². The Bertz CT molecular complexity index is 398. The van der Waals surface area contributed by atoms with Gasteiger partial charge in [0, 0.05) is 38.0 Å². The second-order valence-electron chi connectivity index (χ2n) is 7.28. The molecule has 0 saturated carbocycles. The Morgan fingerprint density at radius 3 is 2.43 bits per heavy atom. The highest BCUT2D eigenvalue weighted by Crippen LogP contribution is 2.20. The Morgan fingerprint density at radius 2 is 1.70 bits per heavy atom. The van der Waals surface area contributed by atoms with Gasteiger partial charge in [-0.1, -0.05) is 20.3 Å². The SMILES string of the molecule is CC(C)C(=O)N1CCCCN2CCCCC2CC(=O)NCCC1. The van der Waals surface area contributed by atoms with E-state index < -0.39 is 0 Å². The molecule has 0 aromatic rings. The lowest BCUT2D eigenvalue weighted by atomic mass is 9.98. The molecular formula is C18H33N3O2. The first-order valence-electron chi connectivity index (χ1n) is 9.37. The summed E-state index contributed by atoms with van der Waals surface area (Å²) in [5, 5.41) is 3.04. The fourth-order valence-electron chi connectivity index (χ4n) is 3.68. The van der Waals surface area contributed by atoms with Gasteiger partial charge in [0.2, 0.25) is 11.8 Å². The van der Waals surface area contributed by atoms with Gasteiger partial charge in [-0.25, -0.2) is 0 Å². The number of rotatable bonds is 1. The van der Waals surface area contributed by atoms with E-state index in [4.69, 9.17) is 0 Å². The summed E-state index contributed by atoms with van der Waals surface area (Å²) >= 11 is 0. The van der Waals surface area contributed by atoms with Crippen molar-refractivity contribution in [2.75, 3.05) is 32.7 Å². The zero-order chi connectivity index (χ0) is 16.7. The molecule has 2 heterocycles. The molecule has 0 bridgehead atoms. The Labute approximate surface area is 140 Å². The molecule has 0 radical (unpaired) electrons. The van der Waals surface area contributed by atoms with Crippen LogP contribution in [0.4, 0.5) is 0 Å². The normalized spacial score (nSPS) is 25.8. The van der Waals surface area contributed by atoms with Crippen molar-refractivity contribution in [3.63, 3.8) is 0 Å². The predicted octanol–water partition coefficient (Wildman–Crippen LogP) is 2.02. The third-order valence-corrected chi connectivity index (χ3v) is 5.03. The molecule has 0 aromatic heterocycles. The quantitative estimate of drug-likeness (QED) is 0.803. The van der Waals surface area contributed by atoms with Crippen molar-refractivity contribution >= 4 is 11.8 Å². The second-order valence-corrected chi connectivity index (χ2v) is 7.28. The highest BCUT2D eigenvalue weighted by atomic mass is 16.2. The third kappa shape index (κ3) is 5.79. The monoisotopic (exact) mass is 323 g/mol. The van der Waals surface area contributed by atoms with Gasteiger partial charge >= 0.3 is 0 Å². The summed E-state index contributed by atoms with van der Waals surface area (Å²) in [5.41, 5.74) is 0. The van der Waals surface area contributed by atoms with Gasteiger partial charge in [0.1, 0.15) is 0 Å². The average Bonchev–Trinajstić information content (AvgIpc) is 2.54. The molecule has 2 fully saturated rings. The van der Waals surface area contributed by atoms with Crippen LogP contribution in [0.3, 0.4) is 0 Å². The predicted molar refractivity (Wildman–Crippen MR) is 92.1 cm³/mol. The molecule has 2 rings (SSSR count). The van der Waals surface area contributed by atoms with Gasteiger partial charge in [-0.3, -0.25) is 14.5 Å². The molecule has 2 aliphatic heterocycles. The highest BCUT2D eigenvalue weighted by molar-refractivity contribution is 5.78. The Morgan fingerprint density at radius 1 is 1.04 bits per heavy atom.